The fourth-order valence-electron chi connectivity index (χ4n) is 4.25. The van der Waals surface area contributed by atoms with Gasteiger partial charge in [-0.25, -0.2) is 0 Å². The normalized spacial score (nSPS) is 14.3. The topological polar surface area (TPSA) is 78.7 Å². The Hall–Kier alpha value is -3.97. The minimum Gasteiger partial charge on any atom is -0.355 e. The van der Waals surface area contributed by atoms with E-state index in [0.29, 0.717) is 29.9 Å². The van der Waals surface area contributed by atoms with E-state index in [-0.39, 0.29) is 18.4 Å². The lowest BCUT2D eigenvalue weighted by Gasteiger charge is -2.34. The van der Waals surface area contributed by atoms with Crippen LogP contribution >= 0.6 is 0 Å². The first-order chi connectivity index (χ1) is 16.7. The van der Waals surface area contributed by atoms with Crippen LogP contribution in [0.1, 0.15) is 15.9 Å². The van der Waals surface area contributed by atoms with Crippen LogP contribution in [0, 0.1) is 0 Å². The summed E-state index contributed by atoms with van der Waals surface area (Å²) in [5.41, 5.74) is 3.31. The van der Waals surface area contributed by atoms with E-state index >= 15 is 0 Å². The van der Waals surface area contributed by atoms with Crippen LogP contribution in [0.25, 0.3) is 22.2 Å². The summed E-state index contributed by atoms with van der Waals surface area (Å²) >= 11 is 0. The van der Waals surface area contributed by atoms with Gasteiger partial charge in [-0.2, -0.15) is 0 Å². The molecule has 0 radical (unpaired) electrons. The summed E-state index contributed by atoms with van der Waals surface area (Å²) in [7, 11) is 0. The quantitative estimate of drug-likeness (QED) is 0.482. The third-order valence-corrected chi connectivity index (χ3v) is 6.15. The molecule has 0 spiro atoms. The highest BCUT2D eigenvalue weighted by Gasteiger charge is 2.22. The molecule has 0 atom stereocenters. The standard InChI is InChI=1S/C27H26N4O3/c32-25(31-15-13-30(14-16-31)19-20-7-3-1-4-8-20)18-28-27(33)22-11-12-24-23(17-22)26(34-29-24)21-9-5-2-6-10-21/h1-12,17H,13-16,18-19H2,(H,28,33). The molecule has 34 heavy (non-hydrogen) atoms. The molecule has 0 saturated carbocycles. The molecule has 7 heteroatoms. The number of carbonyl (C=O) groups is 2. The van der Waals surface area contributed by atoms with Crippen molar-refractivity contribution in [2.24, 2.45) is 0 Å². The van der Waals surface area contributed by atoms with Gasteiger partial charge in [-0.3, -0.25) is 14.5 Å². The Morgan fingerprint density at radius 3 is 2.32 bits per heavy atom. The lowest BCUT2D eigenvalue weighted by Crippen LogP contribution is -2.50. The summed E-state index contributed by atoms with van der Waals surface area (Å²) in [5.74, 6) is 0.261. The van der Waals surface area contributed by atoms with Crippen molar-refractivity contribution in [3.8, 4) is 11.3 Å². The zero-order valence-corrected chi connectivity index (χ0v) is 18.8. The first kappa shape index (κ1) is 21.9. The third kappa shape index (κ3) is 4.84. The first-order valence-electron chi connectivity index (χ1n) is 11.4. The highest BCUT2D eigenvalue weighted by Crippen LogP contribution is 2.29. The molecule has 7 nitrogen and oxygen atoms in total. The van der Waals surface area contributed by atoms with Gasteiger partial charge in [0.25, 0.3) is 5.91 Å². The molecule has 5 rings (SSSR count). The maximum Gasteiger partial charge on any atom is 0.251 e. The Kier molecular flexibility index (Phi) is 6.35. The number of nitrogens with zero attached hydrogens (tertiary/aromatic N) is 3. The van der Waals surface area contributed by atoms with Gasteiger partial charge in [0.1, 0.15) is 5.52 Å². The van der Waals surface area contributed by atoms with E-state index < -0.39 is 0 Å². The van der Waals surface area contributed by atoms with Crippen molar-refractivity contribution in [1.82, 2.24) is 20.3 Å². The smallest absolute Gasteiger partial charge is 0.251 e. The molecule has 1 aromatic heterocycles. The summed E-state index contributed by atoms with van der Waals surface area (Å²) in [6, 6.07) is 25.2. The third-order valence-electron chi connectivity index (χ3n) is 6.15. The van der Waals surface area contributed by atoms with Crippen LogP contribution in [0.2, 0.25) is 0 Å². The molecule has 172 valence electrons. The van der Waals surface area contributed by atoms with Crippen molar-refractivity contribution < 1.29 is 14.1 Å². The minimum absolute atomic E-state index is 0.0231. The summed E-state index contributed by atoms with van der Waals surface area (Å²) < 4.78 is 5.51. The second-order valence-electron chi connectivity index (χ2n) is 8.43. The van der Waals surface area contributed by atoms with Crippen LogP contribution in [0.5, 0.6) is 0 Å². The van der Waals surface area contributed by atoms with Crippen molar-refractivity contribution in [2.75, 3.05) is 32.7 Å². The van der Waals surface area contributed by atoms with Gasteiger partial charge in [0.05, 0.1) is 11.9 Å². The number of nitrogens with one attached hydrogen (secondary N) is 1. The van der Waals surface area contributed by atoms with Crippen molar-refractivity contribution in [2.45, 2.75) is 6.54 Å². The molecule has 0 aliphatic carbocycles. The number of piperazine rings is 1. The maximum atomic E-state index is 12.8. The van der Waals surface area contributed by atoms with E-state index in [1.165, 1.54) is 5.56 Å². The van der Waals surface area contributed by atoms with Gasteiger partial charge in [0.15, 0.2) is 5.76 Å². The lowest BCUT2D eigenvalue weighted by atomic mass is 10.1. The molecule has 0 unspecified atom stereocenters. The van der Waals surface area contributed by atoms with Crippen LogP contribution in [-0.2, 0) is 11.3 Å². The average molecular weight is 455 g/mol. The number of benzene rings is 3. The van der Waals surface area contributed by atoms with Gasteiger partial charge in [0.2, 0.25) is 5.91 Å². The molecular formula is C27H26N4O3. The van der Waals surface area contributed by atoms with Crippen LogP contribution in [-0.4, -0.2) is 59.5 Å². The van der Waals surface area contributed by atoms with Gasteiger partial charge >= 0.3 is 0 Å². The molecule has 1 aliphatic heterocycles. The van der Waals surface area contributed by atoms with Crippen LogP contribution < -0.4 is 5.32 Å². The predicted octanol–water partition coefficient (Wildman–Crippen LogP) is 3.57. The van der Waals surface area contributed by atoms with Gasteiger partial charge in [-0.05, 0) is 23.8 Å². The van der Waals surface area contributed by atoms with Crippen LogP contribution in [0.3, 0.4) is 0 Å². The Labute approximate surface area is 197 Å². The lowest BCUT2D eigenvalue weighted by molar-refractivity contribution is -0.131. The Balaban J connectivity index is 1.16. The highest BCUT2D eigenvalue weighted by molar-refractivity contribution is 6.02. The van der Waals surface area contributed by atoms with Crippen molar-refractivity contribution in [3.05, 3.63) is 90.0 Å². The molecule has 4 aromatic rings. The summed E-state index contributed by atoms with van der Waals surface area (Å²) in [6.45, 7) is 3.83. The maximum absolute atomic E-state index is 12.8. The SMILES string of the molecule is O=C(NCC(=O)N1CCN(Cc2ccccc2)CC1)c1ccc2noc(-c3ccccc3)c2c1. The van der Waals surface area contributed by atoms with E-state index in [9.17, 15) is 9.59 Å². The van der Waals surface area contributed by atoms with Gasteiger partial charge in [-0.15, -0.1) is 0 Å². The average Bonchev–Trinajstić information content (AvgIpc) is 3.32. The molecule has 1 aliphatic rings. The molecule has 2 heterocycles. The van der Waals surface area contributed by atoms with Crippen molar-refractivity contribution in [1.29, 1.82) is 0 Å². The molecular weight excluding hydrogens is 428 g/mol. The molecule has 2 amide bonds. The molecule has 3 aromatic carbocycles. The number of hydrogen-bond donors (Lipinski definition) is 1. The molecule has 0 bridgehead atoms. The molecule has 1 N–H and O–H groups in total. The number of fused-ring (bicyclic) bond motifs is 1. The summed E-state index contributed by atoms with van der Waals surface area (Å²) in [4.78, 5) is 29.6. The molecule has 1 saturated heterocycles. The van der Waals surface area contributed by atoms with Gasteiger partial charge in [-0.1, -0.05) is 65.8 Å². The monoisotopic (exact) mass is 454 g/mol. The van der Waals surface area contributed by atoms with Crippen molar-refractivity contribution in [3.63, 3.8) is 0 Å². The minimum atomic E-state index is -0.293. The van der Waals surface area contributed by atoms with Crippen molar-refractivity contribution >= 4 is 22.7 Å². The zero-order chi connectivity index (χ0) is 23.3. The van der Waals surface area contributed by atoms with E-state index in [2.05, 4.69) is 27.5 Å². The fourth-order valence-corrected chi connectivity index (χ4v) is 4.25. The summed E-state index contributed by atoms with van der Waals surface area (Å²) in [5, 5.41) is 7.62. The number of hydrogen-bond acceptors (Lipinski definition) is 5. The van der Waals surface area contributed by atoms with Crippen LogP contribution in [0.15, 0.2) is 83.4 Å². The van der Waals surface area contributed by atoms with E-state index in [0.717, 1.165) is 30.6 Å². The van der Waals surface area contributed by atoms with E-state index in [4.69, 9.17) is 4.52 Å². The number of carbonyl (C=O) groups excluding carboxylic acids is 2. The zero-order valence-electron chi connectivity index (χ0n) is 18.8. The second-order valence-corrected chi connectivity index (χ2v) is 8.43. The predicted molar refractivity (Wildman–Crippen MR) is 130 cm³/mol. The Morgan fingerprint density at radius 1 is 0.882 bits per heavy atom. The first-order valence-corrected chi connectivity index (χ1v) is 11.4. The van der Waals surface area contributed by atoms with E-state index in [1.807, 2.05) is 53.4 Å². The van der Waals surface area contributed by atoms with E-state index in [1.54, 1.807) is 18.2 Å². The van der Waals surface area contributed by atoms with Gasteiger partial charge in [0, 0.05) is 43.9 Å². The largest absolute Gasteiger partial charge is 0.355 e. The number of amides is 2. The fraction of sp³-hybridized carbons (Fsp3) is 0.222. The second kappa shape index (κ2) is 9.89. The number of aromatic nitrogens is 1. The van der Waals surface area contributed by atoms with Gasteiger partial charge < -0.3 is 14.7 Å². The molecule has 1 fully saturated rings. The Morgan fingerprint density at radius 2 is 1.59 bits per heavy atom. The highest BCUT2D eigenvalue weighted by atomic mass is 16.5. The Bertz CT molecular complexity index is 1280. The summed E-state index contributed by atoms with van der Waals surface area (Å²) in [6.07, 6.45) is 0. The van der Waals surface area contributed by atoms with Crippen LogP contribution in [0.4, 0.5) is 0 Å². The number of rotatable bonds is 6.